The van der Waals surface area contributed by atoms with Crippen LogP contribution in [0.1, 0.15) is 180 Å². The van der Waals surface area contributed by atoms with Gasteiger partial charge in [0, 0.05) is 38.1 Å². The van der Waals surface area contributed by atoms with Gasteiger partial charge in [-0.2, -0.15) is 0 Å². The normalized spacial score (nSPS) is 27.5. The van der Waals surface area contributed by atoms with Crippen LogP contribution in [0.25, 0.3) is 0 Å². The molecule has 0 spiro atoms. The number of nitrogens with two attached hydrogens (primary N) is 2. The molecule has 0 bridgehead atoms. The van der Waals surface area contributed by atoms with Gasteiger partial charge in [0.25, 0.3) is 11.8 Å². The number of carbonyl (C=O) groups is 7. The number of rotatable bonds is 20. The molecule has 0 aromatic carbocycles. The van der Waals surface area contributed by atoms with Crippen molar-refractivity contribution in [1.29, 1.82) is 0 Å². The fraction of sp³-hybridized carbons (Fsp3) is 0.820. The highest BCUT2D eigenvalue weighted by Gasteiger charge is 2.71. The second kappa shape index (κ2) is 29.9. The Balaban J connectivity index is 0.000000442. The van der Waals surface area contributed by atoms with E-state index in [2.05, 4.69) is 69.0 Å². The van der Waals surface area contributed by atoms with Gasteiger partial charge < -0.3 is 62.6 Å². The molecule has 12 atom stereocenters. The van der Waals surface area contributed by atoms with Gasteiger partial charge >= 0.3 is 12.1 Å². The van der Waals surface area contributed by atoms with Crippen molar-refractivity contribution < 1.29 is 53.6 Å². The largest absolute Gasteiger partial charge is 0.480 e. The van der Waals surface area contributed by atoms with Gasteiger partial charge in [0.1, 0.15) is 29.8 Å². The molecule has 0 aromatic rings. The van der Waals surface area contributed by atoms with E-state index in [9.17, 15) is 48.9 Å². The molecule has 8 rings (SSSR count). The number of carboxylic acid groups (broad SMARTS) is 1. The summed E-state index contributed by atoms with van der Waals surface area (Å²) in [5.74, 6) is -1.07. The first-order valence-corrected chi connectivity index (χ1v) is 29.2. The molecule has 472 valence electrons. The van der Waals surface area contributed by atoms with Crippen LogP contribution < -0.4 is 32.7 Å². The van der Waals surface area contributed by atoms with Crippen LogP contribution in [-0.2, 0) is 33.5 Å². The fourth-order valence-corrected chi connectivity index (χ4v) is 13.6. The van der Waals surface area contributed by atoms with Crippen molar-refractivity contribution in [3.63, 3.8) is 0 Å². The highest BCUT2D eigenvalue weighted by Crippen LogP contribution is 2.66. The topological polar surface area (TPSA) is 296 Å². The standard InChI is InChI=1S/C27H44N4O4.C22H36N2O5.C10H18N2O2.2CH4.2ClH/c1-5-13-29-24(34)21(32)18(14-16-9-10-16)30-23(33)20-19-17(26(19,2)3)15-31(20)25(35)22(28)27(4)11-7-6-8-12-27;1-20(2,3)29-19(28)23-16(22(6)10-8-7-9-11-22)17(25)24-12-13-14(21(13,4)5)15(24)18(26)27;1-2-5-12-10(14)9(13)8(11)6-7-3-4-7;;;;/h5,16-22,32H,1,6-15,28H2,2-4H3,(H,29,34)(H,30,33);13-16H,7-12H2,1-6H3,(H,23,28)(H,26,27);2,7-9,13H,1,3-6,11H2,(H,12,14);2*1H4;2*1H/t17-,18-,19-,20-,21?,22+;13-,14-,15-,16+;8-,9?;;;;/m000..../s1. The number of alkyl carbamates (subject to hydrolysis) is 1. The molecule has 6 aliphatic carbocycles. The maximum atomic E-state index is 13.7. The zero-order chi connectivity index (χ0) is 57.9. The van der Waals surface area contributed by atoms with Crippen molar-refractivity contribution in [3.8, 4) is 0 Å². The number of hydrogen-bond donors (Lipinski definition) is 9. The van der Waals surface area contributed by atoms with E-state index in [4.69, 9.17) is 16.2 Å². The smallest absolute Gasteiger partial charge is 0.408 e. The van der Waals surface area contributed by atoms with Gasteiger partial charge in [-0.25, -0.2) is 9.59 Å². The second-order valence-corrected chi connectivity index (χ2v) is 27.2. The third-order valence-corrected chi connectivity index (χ3v) is 19.2. The molecule has 82 heavy (non-hydrogen) atoms. The molecule has 8 aliphatic rings. The zero-order valence-corrected chi connectivity index (χ0v) is 50.9. The second-order valence-electron chi connectivity index (χ2n) is 27.2. The lowest BCUT2D eigenvalue weighted by molar-refractivity contribution is -0.152. The van der Waals surface area contributed by atoms with Gasteiger partial charge in [-0.15, -0.1) is 38.0 Å². The summed E-state index contributed by atoms with van der Waals surface area (Å²) in [5.41, 5.74) is 10.9. The first kappa shape index (κ1) is 74.1. The Morgan fingerprint density at radius 1 is 0.646 bits per heavy atom. The molecule has 0 radical (unpaired) electrons. The molecular formula is C61H108Cl2N8O11. The molecule has 2 aliphatic heterocycles. The Morgan fingerprint density at radius 2 is 1.07 bits per heavy atom. The maximum absolute atomic E-state index is 13.7. The van der Waals surface area contributed by atoms with Gasteiger partial charge in [0.15, 0.2) is 6.10 Å². The van der Waals surface area contributed by atoms with Crippen LogP contribution in [0, 0.1) is 57.2 Å². The summed E-state index contributed by atoms with van der Waals surface area (Å²) < 4.78 is 5.42. The summed E-state index contributed by atoms with van der Waals surface area (Å²) in [6.45, 7) is 26.5. The summed E-state index contributed by atoms with van der Waals surface area (Å²) in [6, 6.07) is -3.98. The van der Waals surface area contributed by atoms with Gasteiger partial charge in [-0.05, 0) is 111 Å². The van der Waals surface area contributed by atoms with Crippen molar-refractivity contribution >= 4 is 66.4 Å². The van der Waals surface area contributed by atoms with Gasteiger partial charge in [0.05, 0.1) is 12.1 Å². The number of aliphatic hydroxyl groups is 2. The maximum Gasteiger partial charge on any atom is 0.408 e. The Hall–Kier alpha value is -4.01. The van der Waals surface area contributed by atoms with Crippen LogP contribution in [0.3, 0.4) is 0 Å². The number of likely N-dealkylation sites (tertiary alicyclic amines) is 2. The number of amides is 6. The Bertz CT molecular complexity index is 2210. The fourth-order valence-electron chi connectivity index (χ4n) is 13.6. The molecule has 2 unspecified atom stereocenters. The third-order valence-electron chi connectivity index (χ3n) is 19.2. The van der Waals surface area contributed by atoms with Crippen LogP contribution in [0.15, 0.2) is 25.3 Å². The lowest BCUT2D eigenvalue weighted by atomic mass is 9.70. The highest BCUT2D eigenvalue weighted by molar-refractivity contribution is 5.93. The van der Waals surface area contributed by atoms with Crippen LogP contribution >= 0.6 is 24.8 Å². The van der Waals surface area contributed by atoms with Gasteiger partial charge in [-0.1, -0.05) is 133 Å². The van der Waals surface area contributed by atoms with Crippen molar-refractivity contribution in [2.24, 2.45) is 68.6 Å². The quantitative estimate of drug-likeness (QED) is 0.0554. The summed E-state index contributed by atoms with van der Waals surface area (Å²) in [6.07, 6.45) is 15.7. The lowest BCUT2D eigenvalue weighted by Gasteiger charge is -2.42. The van der Waals surface area contributed by atoms with Gasteiger partial charge in [-0.3, -0.25) is 24.0 Å². The number of piperidine rings is 2. The number of halogens is 2. The first-order chi connectivity index (χ1) is 36.4. The average Bonchev–Trinajstić information content (AvgIpc) is 4.46. The van der Waals surface area contributed by atoms with Crippen molar-refractivity contribution in [3.05, 3.63) is 25.3 Å². The number of nitrogens with zero attached hydrogens (tertiary/aromatic N) is 2. The summed E-state index contributed by atoms with van der Waals surface area (Å²) in [5, 5.41) is 41.1. The van der Waals surface area contributed by atoms with Crippen LogP contribution in [0.5, 0.6) is 0 Å². The SMILES string of the molecule is C.C.C=CCNC(=O)C(O)[C@@H](N)CC1CC1.C=CCNC(=O)C(O)[C@H](CC1CC1)NC(=O)[C@@H]1[C@@H]2[C@H](CN1C(=O)[C@@H](N)C1(C)CCCCC1)C2(C)C.CC(C)(C)OC(=O)N[C@H](C(=O)N1C[C@H]2[C@@H]([C@H]1C(=O)O)C2(C)C)C1(C)CCCCC1.Cl.Cl. The molecule has 6 saturated carbocycles. The molecule has 21 heteroatoms. The van der Waals surface area contributed by atoms with Crippen molar-refractivity contribution in [2.45, 2.75) is 234 Å². The number of carboxylic acids is 1. The number of carbonyl (C=O) groups excluding carboxylic acids is 6. The van der Waals surface area contributed by atoms with E-state index < -0.39 is 83.4 Å². The van der Waals surface area contributed by atoms with E-state index in [1.165, 1.54) is 24.2 Å². The Labute approximate surface area is 503 Å². The number of fused-ring (bicyclic) bond motifs is 2. The van der Waals surface area contributed by atoms with E-state index in [-0.39, 0.29) is 104 Å². The number of nitrogens with one attached hydrogen (secondary N) is 4. The first-order valence-electron chi connectivity index (χ1n) is 29.2. The number of ether oxygens (including phenoxy) is 1. The zero-order valence-electron chi connectivity index (χ0n) is 49.3. The molecule has 8 fully saturated rings. The predicted molar refractivity (Wildman–Crippen MR) is 325 cm³/mol. The van der Waals surface area contributed by atoms with Crippen LogP contribution in [0.4, 0.5) is 4.79 Å². The molecule has 0 aromatic heterocycles. The summed E-state index contributed by atoms with van der Waals surface area (Å²) in [7, 11) is 0. The minimum atomic E-state index is -1.35. The molecule has 6 amide bonds. The van der Waals surface area contributed by atoms with E-state index in [1.807, 2.05) is 6.92 Å². The number of aliphatic hydroxyl groups excluding tert-OH is 2. The molecule has 19 nitrogen and oxygen atoms in total. The van der Waals surface area contributed by atoms with E-state index in [0.717, 1.165) is 77.0 Å². The molecular weight excluding hydrogens is 1090 g/mol. The molecule has 2 heterocycles. The van der Waals surface area contributed by atoms with E-state index in [0.29, 0.717) is 37.9 Å². The van der Waals surface area contributed by atoms with Gasteiger partial charge in [0.2, 0.25) is 17.7 Å². The van der Waals surface area contributed by atoms with Crippen LogP contribution in [0.2, 0.25) is 0 Å². The lowest BCUT2D eigenvalue weighted by Crippen LogP contribution is -2.60. The number of hydrogen-bond acceptors (Lipinski definition) is 12. The number of aliphatic carboxylic acids is 1. The average molecular weight is 1200 g/mol. The highest BCUT2D eigenvalue weighted by atomic mass is 35.5. The van der Waals surface area contributed by atoms with Crippen molar-refractivity contribution in [1.82, 2.24) is 31.1 Å². The molecule has 2 saturated heterocycles. The predicted octanol–water partition coefficient (Wildman–Crippen LogP) is 7.03. The summed E-state index contributed by atoms with van der Waals surface area (Å²) in [4.78, 5) is 92.5. The monoisotopic (exact) mass is 1200 g/mol. The Morgan fingerprint density at radius 3 is 1.51 bits per heavy atom. The summed E-state index contributed by atoms with van der Waals surface area (Å²) >= 11 is 0. The molecule has 11 N–H and O–H groups in total. The van der Waals surface area contributed by atoms with E-state index in [1.54, 1.807) is 37.8 Å². The van der Waals surface area contributed by atoms with Crippen molar-refractivity contribution in [2.75, 3.05) is 26.2 Å². The van der Waals surface area contributed by atoms with Crippen LogP contribution in [-0.4, -0.2) is 147 Å². The Kier molecular flexibility index (Phi) is 27.0. The third kappa shape index (κ3) is 17.8. The van der Waals surface area contributed by atoms with E-state index >= 15 is 0 Å². The minimum absolute atomic E-state index is 0. The minimum Gasteiger partial charge on any atom is -0.480 e.